The van der Waals surface area contributed by atoms with E-state index in [1.165, 1.54) is 22.3 Å². The second-order valence-corrected chi connectivity index (χ2v) is 7.52. The Labute approximate surface area is 176 Å². The van der Waals surface area contributed by atoms with E-state index in [9.17, 15) is 0 Å². The summed E-state index contributed by atoms with van der Waals surface area (Å²) in [6.45, 7) is 14.2. The second-order valence-electron chi connectivity index (χ2n) is 7.52. The van der Waals surface area contributed by atoms with Crippen molar-refractivity contribution in [2.75, 3.05) is 39.4 Å². The van der Waals surface area contributed by atoms with Crippen LogP contribution in [0.25, 0.3) is 0 Å². The molecule has 3 rings (SSSR count). The van der Waals surface area contributed by atoms with Crippen molar-refractivity contribution in [3.63, 3.8) is 0 Å². The number of nitrogens with zero attached hydrogens (tertiary/aromatic N) is 1. The third kappa shape index (κ3) is 5.31. The number of aryl methyl sites for hydroxylation is 1. The number of fused-ring (bicyclic) bond motifs is 1. The number of ether oxygens (including phenoxy) is 2. The molecule has 158 valence electrons. The Morgan fingerprint density at radius 2 is 1.66 bits per heavy atom. The lowest BCUT2D eigenvalue weighted by molar-refractivity contribution is 0.222. The number of likely N-dealkylation sites (N-methyl/N-ethyl adjacent to an activating group) is 1. The number of nitrogens with one attached hydrogen (secondary N) is 1. The first-order valence-electron chi connectivity index (χ1n) is 11.2. The summed E-state index contributed by atoms with van der Waals surface area (Å²) in [6, 6.07) is 13.4. The van der Waals surface area contributed by atoms with Crippen LogP contribution in [0.3, 0.4) is 0 Å². The number of rotatable bonds is 10. The van der Waals surface area contributed by atoms with E-state index in [0.29, 0.717) is 6.61 Å². The Morgan fingerprint density at radius 1 is 0.931 bits per heavy atom. The van der Waals surface area contributed by atoms with E-state index in [4.69, 9.17) is 9.47 Å². The predicted octanol–water partition coefficient (Wildman–Crippen LogP) is 4.60. The van der Waals surface area contributed by atoms with Crippen molar-refractivity contribution in [3.05, 3.63) is 58.7 Å². The molecule has 2 aromatic rings. The lowest BCUT2D eigenvalue weighted by Gasteiger charge is -2.29. The Balaban J connectivity index is 1.77. The molecule has 0 bridgehead atoms. The first-order valence-corrected chi connectivity index (χ1v) is 11.2. The minimum absolute atomic E-state index is 0.231. The largest absolute Gasteiger partial charge is 0.494 e. The van der Waals surface area contributed by atoms with Gasteiger partial charge in [-0.15, -0.1) is 0 Å². The van der Waals surface area contributed by atoms with Crippen molar-refractivity contribution in [3.8, 4) is 11.5 Å². The highest BCUT2D eigenvalue weighted by Gasteiger charge is 2.23. The summed E-state index contributed by atoms with van der Waals surface area (Å²) < 4.78 is 11.8. The normalized spacial score (nSPS) is 16.0. The monoisotopic (exact) mass is 396 g/mol. The van der Waals surface area contributed by atoms with Crippen molar-refractivity contribution in [2.24, 2.45) is 0 Å². The van der Waals surface area contributed by atoms with Crippen molar-refractivity contribution >= 4 is 0 Å². The van der Waals surface area contributed by atoms with Gasteiger partial charge in [-0.2, -0.15) is 0 Å². The van der Waals surface area contributed by atoms with Crippen LogP contribution >= 0.6 is 0 Å². The summed E-state index contributed by atoms with van der Waals surface area (Å²) in [7, 11) is 0. The zero-order chi connectivity index (χ0) is 20.6. The lowest BCUT2D eigenvalue weighted by atomic mass is 9.87. The number of benzene rings is 2. The zero-order valence-corrected chi connectivity index (χ0v) is 18.5. The molecule has 1 heterocycles. The van der Waals surface area contributed by atoms with E-state index in [1.54, 1.807) is 0 Å². The van der Waals surface area contributed by atoms with Crippen LogP contribution in [0, 0.1) is 0 Å². The number of hydrogen-bond acceptors (Lipinski definition) is 4. The summed E-state index contributed by atoms with van der Waals surface area (Å²) in [5.41, 5.74) is 5.46. The molecule has 1 aliphatic rings. The first-order chi connectivity index (χ1) is 14.2. The SMILES string of the molecule is CCOc1ccc(C2NCCc3cc(OCCN(CC)CC)ccc32)c(CC)c1. The molecule has 1 N–H and O–H groups in total. The maximum Gasteiger partial charge on any atom is 0.119 e. The highest BCUT2D eigenvalue weighted by molar-refractivity contribution is 5.47. The minimum atomic E-state index is 0.231. The zero-order valence-electron chi connectivity index (χ0n) is 18.5. The van der Waals surface area contributed by atoms with Crippen LogP contribution in [0.2, 0.25) is 0 Å². The van der Waals surface area contributed by atoms with E-state index >= 15 is 0 Å². The van der Waals surface area contributed by atoms with Crippen molar-refractivity contribution in [1.29, 1.82) is 0 Å². The van der Waals surface area contributed by atoms with Crippen LogP contribution in [-0.2, 0) is 12.8 Å². The van der Waals surface area contributed by atoms with E-state index in [-0.39, 0.29) is 6.04 Å². The van der Waals surface area contributed by atoms with E-state index in [1.807, 2.05) is 6.92 Å². The summed E-state index contributed by atoms with van der Waals surface area (Å²) in [4.78, 5) is 2.39. The average Bonchev–Trinajstić information content (AvgIpc) is 2.76. The van der Waals surface area contributed by atoms with Gasteiger partial charge in [-0.3, -0.25) is 0 Å². The summed E-state index contributed by atoms with van der Waals surface area (Å²) >= 11 is 0. The molecule has 0 amide bonds. The van der Waals surface area contributed by atoms with Gasteiger partial charge in [-0.25, -0.2) is 0 Å². The van der Waals surface area contributed by atoms with E-state index in [2.05, 4.69) is 67.4 Å². The van der Waals surface area contributed by atoms with Crippen molar-refractivity contribution < 1.29 is 9.47 Å². The molecule has 0 radical (unpaired) electrons. The summed E-state index contributed by atoms with van der Waals surface area (Å²) in [5, 5.41) is 3.72. The molecule has 4 heteroatoms. The topological polar surface area (TPSA) is 33.7 Å². The highest BCUT2D eigenvalue weighted by atomic mass is 16.5. The first kappa shape index (κ1) is 21.7. The quantitative estimate of drug-likeness (QED) is 0.636. The second kappa shape index (κ2) is 10.7. The molecule has 1 atom stereocenters. The fourth-order valence-corrected chi connectivity index (χ4v) is 4.17. The minimum Gasteiger partial charge on any atom is -0.494 e. The molecule has 0 spiro atoms. The van der Waals surface area contributed by atoms with E-state index in [0.717, 1.165) is 57.1 Å². The van der Waals surface area contributed by atoms with E-state index < -0.39 is 0 Å². The smallest absolute Gasteiger partial charge is 0.119 e. The Morgan fingerprint density at radius 3 is 2.34 bits per heavy atom. The van der Waals surface area contributed by atoms with Gasteiger partial charge in [0, 0.05) is 13.1 Å². The molecular weight excluding hydrogens is 360 g/mol. The molecule has 0 saturated heterocycles. The van der Waals surface area contributed by atoms with Gasteiger partial charge in [0.2, 0.25) is 0 Å². The molecule has 0 fully saturated rings. The molecule has 29 heavy (non-hydrogen) atoms. The molecule has 2 aromatic carbocycles. The van der Waals surface area contributed by atoms with Gasteiger partial charge < -0.3 is 19.7 Å². The molecule has 0 saturated carbocycles. The van der Waals surface area contributed by atoms with Gasteiger partial charge in [0.1, 0.15) is 18.1 Å². The van der Waals surface area contributed by atoms with Gasteiger partial charge in [-0.05, 0) is 79.4 Å². The van der Waals surface area contributed by atoms with Gasteiger partial charge in [0.25, 0.3) is 0 Å². The Kier molecular flexibility index (Phi) is 7.96. The van der Waals surface area contributed by atoms with Crippen LogP contribution < -0.4 is 14.8 Å². The molecule has 0 aliphatic carbocycles. The third-order valence-corrected chi connectivity index (χ3v) is 5.86. The average molecular weight is 397 g/mol. The lowest BCUT2D eigenvalue weighted by Crippen LogP contribution is -2.31. The van der Waals surface area contributed by atoms with Gasteiger partial charge >= 0.3 is 0 Å². The fraction of sp³-hybridized carbons (Fsp3) is 0.520. The van der Waals surface area contributed by atoms with Gasteiger partial charge in [0.15, 0.2) is 0 Å². The Bertz CT molecular complexity index is 786. The van der Waals surface area contributed by atoms with Crippen LogP contribution in [0.5, 0.6) is 11.5 Å². The fourth-order valence-electron chi connectivity index (χ4n) is 4.17. The van der Waals surface area contributed by atoms with Crippen LogP contribution in [0.4, 0.5) is 0 Å². The van der Waals surface area contributed by atoms with Crippen LogP contribution in [0.15, 0.2) is 36.4 Å². The third-order valence-electron chi connectivity index (χ3n) is 5.86. The standard InChI is InChI=1S/C25H36N2O2/c1-5-19-17-21(28-8-4)9-11-23(19)25-24-12-10-22(18-20(24)13-14-26-25)29-16-15-27(6-2)7-3/h9-12,17-18,25-26H,5-8,13-16H2,1-4H3. The molecule has 0 aromatic heterocycles. The maximum atomic E-state index is 6.06. The highest BCUT2D eigenvalue weighted by Crippen LogP contribution is 2.34. The molecule has 1 unspecified atom stereocenters. The van der Waals surface area contributed by atoms with Gasteiger partial charge in [0.05, 0.1) is 12.6 Å². The summed E-state index contributed by atoms with van der Waals surface area (Å²) in [6.07, 6.45) is 2.04. The molecule has 4 nitrogen and oxygen atoms in total. The van der Waals surface area contributed by atoms with Crippen molar-refractivity contribution in [1.82, 2.24) is 10.2 Å². The van der Waals surface area contributed by atoms with Crippen molar-refractivity contribution in [2.45, 2.75) is 46.6 Å². The van der Waals surface area contributed by atoms with Gasteiger partial charge in [-0.1, -0.05) is 32.9 Å². The number of hydrogen-bond donors (Lipinski definition) is 1. The Hall–Kier alpha value is -2.04. The predicted molar refractivity (Wildman–Crippen MR) is 120 cm³/mol. The van der Waals surface area contributed by atoms with Crippen LogP contribution in [-0.4, -0.2) is 44.3 Å². The molecule has 1 aliphatic heterocycles. The summed E-state index contributed by atoms with van der Waals surface area (Å²) in [5.74, 6) is 1.94. The maximum absolute atomic E-state index is 6.06. The van der Waals surface area contributed by atoms with Crippen LogP contribution in [0.1, 0.15) is 56.0 Å². The molecular formula is C25H36N2O2.